The summed E-state index contributed by atoms with van der Waals surface area (Å²) in [6, 6.07) is 14.3. The molecular weight excluding hydrogens is 352 g/mol. The third-order valence-corrected chi connectivity index (χ3v) is 5.39. The van der Waals surface area contributed by atoms with Crippen molar-refractivity contribution in [3.63, 3.8) is 0 Å². The van der Waals surface area contributed by atoms with E-state index in [0.29, 0.717) is 12.5 Å². The third kappa shape index (κ3) is 3.42. The fraction of sp³-hybridized carbons (Fsp3) is 0.364. The summed E-state index contributed by atoms with van der Waals surface area (Å²) in [5, 5.41) is 2.89. The number of pyridine rings is 1. The quantitative estimate of drug-likeness (QED) is 0.749. The normalized spacial score (nSPS) is 15.0. The number of benzene rings is 1. The summed E-state index contributed by atoms with van der Waals surface area (Å²) in [7, 11) is 1.68. The average molecular weight is 378 g/mol. The van der Waals surface area contributed by atoms with Gasteiger partial charge >= 0.3 is 6.03 Å². The van der Waals surface area contributed by atoms with E-state index in [1.807, 2.05) is 42.2 Å². The number of hydrogen-bond acceptors (Lipinski definition) is 3. The third-order valence-electron chi connectivity index (χ3n) is 5.39. The largest absolute Gasteiger partial charge is 0.497 e. The molecule has 0 aliphatic carbocycles. The molecule has 0 saturated carbocycles. The van der Waals surface area contributed by atoms with Crippen LogP contribution in [0.4, 0.5) is 4.79 Å². The van der Waals surface area contributed by atoms with Crippen LogP contribution in [0.25, 0.3) is 16.8 Å². The standard InChI is InChI=1S/C22H26N4O2/c1-3-23-22(27)25-13-10-16(11-14-25)21-24-20(19-9-4-5-12-26(19)21)17-7-6-8-18(15-17)28-2/h4-9,12,15-16H,3,10-11,13-14H2,1-2H3,(H,23,27). The first kappa shape index (κ1) is 18.3. The molecule has 2 amide bonds. The molecular formula is C22H26N4O2. The molecule has 1 aliphatic heterocycles. The summed E-state index contributed by atoms with van der Waals surface area (Å²) in [4.78, 5) is 19.0. The van der Waals surface area contributed by atoms with Gasteiger partial charge in [-0.3, -0.25) is 0 Å². The number of aromatic nitrogens is 2. The molecule has 6 nitrogen and oxygen atoms in total. The van der Waals surface area contributed by atoms with Gasteiger partial charge in [0.1, 0.15) is 11.6 Å². The lowest BCUT2D eigenvalue weighted by Crippen LogP contribution is -2.44. The fourth-order valence-electron chi connectivity index (χ4n) is 3.94. The molecule has 1 fully saturated rings. The Hall–Kier alpha value is -3.02. The van der Waals surface area contributed by atoms with E-state index in [-0.39, 0.29) is 6.03 Å². The van der Waals surface area contributed by atoms with Gasteiger partial charge in [-0.2, -0.15) is 0 Å². The van der Waals surface area contributed by atoms with E-state index in [9.17, 15) is 4.79 Å². The number of likely N-dealkylation sites (tertiary alicyclic amines) is 1. The minimum absolute atomic E-state index is 0.0333. The lowest BCUT2D eigenvalue weighted by Gasteiger charge is -2.31. The van der Waals surface area contributed by atoms with Crippen molar-refractivity contribution < 1.29 is 9.53 Å². The predicted molar refractivity (Wildman–Crippen MR) is 110 cm³/mol. The van der Waals surface area contributed by atoms with Gasteiger partial charge < -0.3 is 19.4 Å². The number of ether oxygens (including phenoxy) is 1. The lowest BCUT2D eigenvalue weighted by atomic mass is 9.96. The first-order chi connectivity index (χ1) is 13.7. The molecule has 3 heterocycles. The van der Waals surface area contributed by atoms with E-state index in [0.717, 1.165) is 54.3 Å². The van der Waals surface area contributed by atoms with E-state index in [1.54, 1.807) is 7.11 Å². The van der Waals surface area contributed by atoms with E-state index in [2.05, 4.69) is 28.0 Å². The molecule has 28 heavy (non-hydrogen) atoms. The van der Waals surface area contributed by atoms with E-state index in [1.165, 1.54) is 0 Å². The summed E-state index contributed by atoms with van der Waals surface area (Å²) < 4.78 is 7.58. The minimum Gasteiger partial charge on any atom is -0.497 e. The Kier molecular flexibility index (Phi) is 5.19. The maximum absolute atomic E-state index is 12.1. The highest BCUT2D eigenvalue weighted by atomic mass is 16.5. The van der Waals surface area contributed by atoms with Crippen LogP contribution in [0, 0.1) is 0 Å². The zero-order valence-corrected chi connectivity index (χ0v) is 16.4. The number of nitrogens with zero attached hydrogens (tertiary/aromatic N) is 3. The summed E-state index contributed by atoms with van der Waals surface area (Å²) >= 11 is 0. The van der Waals surface area contributed by atoms with Crippen molar-refractivity contribution in [2.45, 2.75) is 25.7 Å². The maximum Gasteiger partial charge on any atom is 0.317 e. The number of urea groups is 1. The first-order valence-corrected chi connectivity index (χ1v) is 9.85. The molecule has 6 heteroatoms. The van der Waals surface area contributed by atoms with Gasteiger partial charge in [0.05, 0.1) is 18.3 Å². The molecule has 146 valence electrons. The van der Waals surface area contributed by atoms with Crippen LogP contribution in [0.15, 0.2) is 48.7 Å². The van der Waals surface area contributed by atoms with Gasteiger partial charge in [0.25, 0.3) is 0 Å². The second kappa shape index (κ2) is 7.92. The van der Waals surface area contributed by atoms with Gasteiger partial charge in [-0.15, -0.1) is 0 Å². The lowest BCUT2D eigenvalue weighted by molar-refractivity contribution is 0.181. The van der Waals surface area contributed by atoms with Crippen LogP contribution >= 0.6 is 0 Å². The Balaban J connectivity index is 1.65. The zero-order valence-electron chi connectivity index (χ0n) is 16.4. The Morgan fingerprint density at radius 2 is 2.04 bits per heavy atom. The van der Waals surface area contributed by atoms with Crippen LogP contribution in [-0.2, 0) is 0 Å². The number of amides is 2. The van der Waals surface area contributed by atoms with E-state index >= 15 is 0 Å². The van der Waals surface area contributed by atoms with E-state index < -0.39 is 0 Å². The number of fused-ring (bicyclic) bond motifs is 1. The summed E-state index contributed by atoms with van der Waals surface area (Å²) in [5.74, 6) is 2.23. The number of piperidine rings is 1. The van der Waals surface area contributed by atoms with Crippen molar-refractivity contribution in [2.75, 3.05) is 26.7 Å². The fourth-order valence-corrected chi connectivity index (χ4v) is 3.94. The van der Waals surface area contributed by atoms with Gasteiger partial charge in [0.15, 0.2) is 0 Å². The minimum atomic E-state index is 0.0333. The Morgan fingerprint density at radius 1 is 1.21 bits per heavy atom. The highest BCUT2D eigenvalue weighted by molar-refractivity contribution is 5.78. The Labute approximate surface area is 165 Å². The molecule has 1 aliphatic rings. The monoisotopic (exact) mass is 378 g/mol. The first-order valence-electron chi connectivity index (χ1n) is 9.85. The number of rotatable bonds is 4. The number of methoxy groups -OCH3 is 1. The zero-order chi connectivity index (χ0) is 19.5. The maximum atomic E-state index is 12.1. The average Bonchev–Trinajstić information content (AvgIpc) is 3.14. The summed E-state index contributed by atoms with van der Waals surface area (Å²) in [6.45, 7) is 4.12. The van der Waals surface area contributed by atoms with Crippen LogP contribution < -0.4 is 10.1 Å². The second-order valence-corrected chi connectivity index (χ2v) is 7.10. The molecule has 1 N–H and O–H groups in total. The van der Waals surface area contributed by atoms with Crippen molar-refractivity contribution >= 4 is 11.5 Å². The van der Waals surface area contributed by atoms with Gasteiger partial charge in [0.2, 0.25) is 0 Å². The van der Waals surface area contributed by atoms with Crippen molar-refractivity contribution in [3.8, 4) is 17.0 Å². The molecule has 1 saturated heterocycles. The highest BCUT2D eigenvalue weighted by Crippen LogP contribution is 2.33. The number of nitrogens with one attached hydrogen (secondary N) is 1. The van der Waals surface area contributed by atoms with Crippen LogP contribution in [-0.4, -0.2) is 47.1 Å². The van der Waals surface area contributed by atoms with Crippen molar-refractivity contribution in [1.82, 2.24) is 19.6 Å². The van der Waals surface area contributed by atoms with Crippen molar-refractivity contribution in [3.05, 3.63) is 54.5 Å². The van der Waals surface area contributed by atoms with Crippen LogP contribution in [0.2, 0.25) is 0 Å². The van der Waals surface area contributed by atoms with E-state index in [4.69, 9.17) is 9.72 Å². The molecule has 0 unspecified atom stereocenters. The Morgan fingerprint density at radius 3 is 2.79 bits per heavy atom. The van der Waals surface area contributed by atoms with Crippen molar-refractivity contribution in [1.29, 1.82) is 0 Å². The summed E-state index contributed by atoms with van der Waals surface area (Å²) in [6.07, 6.45) is 3.92. The molecule has 3 aromatic rings. The van der Waals surface area contributed by atoms with Gasteiger partial charge in [0, 0.05) is 37.3 Å². The molecule has 1 aromatic carbocycles. The van der Waals surface area contributed by atoms with Crippen LogP contribution in [0.5, 0.6) is 5.75 Å². The number of imidazole rings is 1. The second-order valence-electron chi connectivity index (χ2n) is 7.10. The highest BCUT2D eigenvalue weighted by Gasteiger charge is 2.27. The smallest absolute Gasteiger partial charge is 0.317 e. The van der Waals surface area contributed by atoms with Crippen LogP contribution in [0.1, 0.15) is 31.5 Å². The molecule has 0 bridgehead atoms. The van der Waals surface area contributed by atoms with Gasteiger partial charge in [-0.25, -0.2) is 9.78 Å². The number of hydrogen-bond donors (Lipinski definition) is 1. The molecule has 2 aromatic heterocycles. The number of carbonyl (C=O) groups excluding carboxylic acids is 1. The molecule has 0 radical (unpaired) electrons. The summed E-state index contributed by atoms with van der Waals surface area (Å²) in [5.41, 5.74) is 3.12. The molecule has 0 atom stereocenters. The van der Waals surface area contributed by atoms with Crippen molar-refractivity contribution in [2.24, 2.45) is 0 Å². The SMILES string of the molecule is CCNC(=O)N1CCC(c2nc(-c3cccc(OC)c3)c3ccccn23)CC1. The van der Waals surface area contributed by atoms with Crippen LogP contribution in [0.3, 0.4) is 0 Å². The molecule has 4 rings (SSSR count). The number of carbonyl (C=O) groups is 1. The Bertz CT molecular complexity index is 974. The van der Waals surface area contributed by atoms with Gasteiger partial charge in [-0.05, 0) is 44.0 Å². The molecule has 0 spiro atoms. The van der Waals surface area contributed by atoms with Gasteiger partial charge in [-0.1, -0.05) is 18.2 Å². The predicted octanol–water partition coefficient (Wildman–Crippen LogP) is 3.92. The topological polar surface area (TPSA) is 58.9 Å².